The highest BCUT2D eigenvalue weighted by Crippen LogP contribution is 2.51. The number of hydrogen-bond acceptors (Lipinski definition) is 6. The van der Waals surface area contributed by atoms with E-state index in [4.69, 9.17) is 9.47 Å². The Kier molecular flexibility index (Phi) is 6.49. The third-order valence-corrected chi connectivity index (χ3v) is 6.08. The maximum absolute atomic E-state index is 13.4. The van der Waals surface area contributed by atoms with Crippen LogP contribution in [0.5, 0.6) is 5.75 Å². The van der Waals surface area contributed by atoms with E-state index in [0.717, 1.165) is 22.7 Å². The van der Waals surface area contributed by atoms with Crippen molar-refractivity contribution in [2.24, 2.45) is 0 Å². The Morgan fingerprint density at radius 3 is 2.48 bits per heavy atom. The summed E-state index contributed by atoms with van der Waals surface area (Å²) in [6, 6.07) is 15.1. The molecule has 2 aromatic carbocycles. The van der Waals surface area contributed by atoms with E-state index in [2.05, 4.69) is 0 Å². The normalized spacial score (nSPS) is 18.9. The minimum absolute atomic E-state index is 0.0473. The fourth-order valence-electron chi connectivity index (χ4n) is 3.31. The van der Waals surface area contributed by atoms with Crippen molar-refractivity contribution in [3.8, 4) is 5.75 Å². The zero-order chi connectivity index (χ0) is 21.0. The van der Waals surface area contributed by atoms with Crippen molar-refractivity contribution in [2.75, 3.05) is 39.2 Å². The standard InChI is InChI=1S/C22H26N2O4S/c1-16(25)28-22(17-9-11-18(27-4)12-10-17)15-21(26)24(14-13-23(2)3)19-7-5-6-8-20(19)29-22/h5-12H,13-15H2,1-4H3. The lowest BCUT2D eigenvalue weighted by Crippen LogP contribution is -2.39. The summed E-state index contributed by atoms with van der Waals surface area (Å²) in [6.45, 7) is 2.66. The van der Waals surface area contributed by atoms with E-state index in [-0.39, 0.29) is 12.3 Å². The van der Waals surface area contributed by atoms with Crippen LogP contribution >= 0.6 is 11.8 Å². The number of para-hydroxylation sites is 1. The number of nitrogens with zero attached hydrogens (tertiary/aromatic N) is 2. The molecule has 154 valence electrons. The molecule has 6 nitrogen and oxygen atoms in total. The van der Waals surface area contributed by atoms with E-state index < -0.39 is 10.9 Å². The molecule has 0 bridgehead atoms. The molecule has 1 unspecified atom stereocenters. The number of hydrogen-bond donors (Lipinski definition) is 0. The van der Waals surface area contributed by atoms with Crippen molar-refractivity contribution >= 4 is 29.3 Å². The Morgan fingerprint density at radius 2 is 1.86 bits per heavy atom. The van der Waals surface area contributed by atoms with Gasteiger partial charge in [0.2, 0.25) is 5.91 Å². The third kappa shape index (κ3) is 4.74. The number of esters is 1. The van der Waals surface area contributed by atoms with Gasteiger partial charge in [-0.25, -0.2) is 0 Å². The quantitative estimate of drug-likeness (QED) is 0.675. The van der Waals surface area contributed by atoms with Gasteiger partial charge in [-0.15, -0.1) is 0 Å². The first-order chi connectivity index (χ1) is 13.8. The van der Waals surface area contributed by atoms with Crippen LogP contribution < -0.4 is 9.64 Å². The molecular formula is C22H26N2O4S. The summed E-state index contributed by atoms with van der Waals surface area (Å²) in [4.78, 5) is 29.0. The van der Waals surface area contributed by atoms with E-state index in [0.29, 0.717) is 12.3 Å². The number of likely N-dealkylation sites (N-methyl/N-ethyl adjacent to an activating group) is 1. The molecule has 0 aromatic heterocycles. The Hall–Kier alpha value is -2.51. The van der Waals surface area contributed by atoms with E-state index in [1.54, 1.807) is 12.0 Å². The average molecular weight is 415 g/mol. The second kappa shape index (κ2) is 8.88. The summed E-state index contributed by atoms with van der Waals surface area (Å²) in [5.41, 5.74) is 1.59. The Balaban J connectivity index is 2.08. The summed E-state index contributed by atoms with van der Waals surface area (Å²) in [5.74, 6) is 0.186. The minimum atomic E-state index is -1.14. The molecule has 0 radical (unpaired) electrons. The SMILES string of the molecule is COc1ccc(C2(OC(C)=O)CC(=O)N(CCN(C)C)c3ccccc3S2)cc1. The molecule has 1 atom stereocenters. The number of rotatable bonds is 6. The van der Waals surface area contributed by atoms with E-state index in [1.807, 2.05) is 67.5 Å². The molecule has 29 heavy (non-hydrogen) atoms. The van der Waals surface area contributed by atoms with Gasteiger partial charge in [-0.05, 0) is 38.4 Å². The van der Waals surface area contributed by atoms with Crippen molar-refractivity contribution in [3.63, 3.8) is 0 Å². The third-order valence-electron chi connectivity index (χ3n) is 4.73. The largest absolute Gasteiger partial charge is 0.497 e. The van der Waals surface area contributed by atoms with Crippen LogP contribution in [0.25, 0.3) is 0 Å². The molecule has 0 spiro atoms. The van der Waals surface area contributed by atoms with Gasteiger partial charge in [0.1, 0.15) is 5.75 Å². The first kappa shape index (κ1) is 21.2. The van der Waals surface area contributed by atoms with Crippen LogP contribution in [-0.2, 0) is 19.3 Å². The summed E-state index contributed by atoms with van der Waals surface area (Å²) < 4.78 is 11.1. The molecular weight excluding hydrogens is 388 g/mol. The van der Waals surface area contributed by atoms with E-state index >= 15 is 0 Å². The van der Waals surface area contributed by atoms with Gasteiger partial charge in [0.05, 0.1) is 19.2 Å². The lowest BCUT2D eigenvalue weighted by molar-refractivity contribution is -0.151. The zero-order valence-electron chi connectivity index (χ0n) is 17.2. The van der Waals surface area contributed by atoms with Gasteiger partial charge in [0.25, 0.3) is 0 Å². The molecule has 1 heterocycles. The highest BCUT2D eigenvalue weighted by molar-refractivity contribution is 8.00. The number of anilines is 1. The van der Waals surface area contributed by atoms with Gasteiger partial charge in [0, 0.05) is 30.5 Å². The highest BCUT2D eigenvalue weighted by Gasteiger charge is 2.44. The van der Waals surface area contributed by atoms with Crippen molar-refractivity contribution in [2.45, 2.75) is 23.2 Å². The fraction of sp³-hybridized carbons (Fsp3) is 0.364. The van der Waals surface area contributed by atoms with Gasteiger partial charge in [-0.2, -0.15) is 0 Å². The first-order valence-electron chi connectivity index (χ1n) is 9.42. The number of ether oxygens (including phenoxy) is 2. The number of methoxy groups -OCH3 is 1. The predicted octanol–water partition coefficient (Wildman–Crippen LogP) is 3.50. The van der Waals surface area contributed by atoms with E-state index in [1.165, 1.54) is 18.7 Å². The highest BCUT2D eigenvalue weighted by atomic mass is 32.2. The molecule has 1 amide bonds. The van der Waals surface area contributed by atoms with Gasteiger partial charge in [-0.1, -0.05) is 36.0 Å². The van der Waals surface area contributed by atoms with Crippen LogP contribution in [0.3, 0.4) is 0 Å². The number of carbonyl (C=O) groups excluding carboxylic acids is 2. The van der Waals surface area contributed by atoms with Gasteiger partial charge >= 0.3 is 5.97 Å². The zero-order valence-corrected chi connectivity index (χ0v) is 18.0. The Bertz CT molecular complexity index is 885. The summed E-state index contributed by atoms with van der Waals surface area (Å²) >= 11 is 1.40. The molecule has 2 aromatic rings. The molecule has 0 saturated heterocycles. The topological polar surface area (TPSA) is 59.1 Å². The fourth-order valence-corrected chi connectivity index (χ4v) is 4.70. The summed E-state index contributed by atoms with van der Waals surface area (Å²) in [5, 5.41) is 0. The molecule has 3 rings (SSSR count). The average Bonchev–Trinajstić information content (AvgIpc) is 2.79. The van der Waals surface area contributed by atoms with Crippen molar-refractivity contribution in [1.82, 2.24) is 4.90 Å². The number of amides is 1. The smallest absolute Gasteiger partial charge is 0.304 e. The van der Waals surface area contributed by atoms with Crippen molar-refractivity contribution < 1.29 is 19.1 Å². The first-order valence-corrected chi connectivity index (χ1v) is 10.2. The lowest BCUT2D eigenvalue weighted by atomic mass is 10.0. The molecule has 0 aliphatic carbocycles. The molecule has 1 aliphatic rings. The Labute approximate surface area is 175 Å². The van der Waals surface area contributed by atoms with Crippen molar-refractivity contribution in [1.29, 1.82) is 0 Å². The second-order valence-corrected chi connectivity index (χ2v) is 8.47. The van der Waals surface area contributed by atoms with Gasteiger partial charge in [0.15, 0.2) is 4.93 Å². The maximum atomic E-state index is 13.4. The van der Waals surface area contributed by atoms with Crippen LogP contribution in [0.1, 0.15) is 18.9 Å². The molecule has 1 aliphatic heterocycles. The van der Waals surface area contributed by atoms with Gasteiger partial charge in [-0.3, -0.25) is 9.59 Å². The van der Waals surface area contributed by atoms with Crippen LogP contribution in [0.15, 0.2) is 53.4 Å². The van der Waals surface area contributed by atoms with Crippen LogP contribution in [0.4, 0.5) is 5.69 Å². The number of fused-ring (bicyclic) bond motifs is 1. The molecule has 0 N–H and O–H groups in total. The lowest BCUT2D eigenvalue weighted by Gasteiger charge is -2.31. The van der Waals surface area contributed by atoms with Crippen LogP contribution in [-0.4, -0.2) is 51.1 Å². The van der Waals surface area contributed by atoms with Crippen LogP contribution in [0, 0.1) is 0 Å². The van der Waals surface area contributed by atoms with Gasteiger partial charge < -0.3 is 19.3 Å². The maximum Gasteiger partial charge on any atom is 0.304 e. The summed E-state index contributed by atoms with van der Waals surface area (Å²) in [7, 11) is 5.55. The predicted molar refractivity (Wildman–Crippen MR) is 114 cm³/mol. The summed E-state index contributed by atoms with van der Waals surface area (Å²) in [6.07, 6.45) is 0.0473. The molecule has 0 fully saturated rings. The van der Waals surface area contributed by atoms with Crippen molar-refractivity contribution in [3.05, 3.63) is 54.1 Å². The monoisotopic (exact) mass is 414 g/mol. The minimum Gasteiger partial charge on any atom is -0.497 e. The Morgan fingerprint density at radius 1 is 1.17 bits per heavy atom. The number of thioether (sulfide) groups is 1. The van der Waals surface area contributed by atoms with Crippen LogP contribution in [0.2, 0.25) is 0 Å². The molecule has 0 saturated carbocycles. The number of benzene rings is 2. The molecule has 7 heteroatoms. The van der Waals surface area contributed by atoms with E-state index in [9.17, 15) is 9.59 Å². The number of carbonyl (C=O) groups is 2. The second-order valence-electron chi connectivity index (χ2n) is 7.17.